The predicted octanol–water partition coefficient (Wildman–Crippen LogP) is 6.38. The van der Waals surface area contributed by atoms with E-state index in [9.17, 15) is 9.59 Å². The van der Waals surface area contributed by atoms with Crippen LogP contribution in [0.4, 0.5) is 0 Å². The van der Waals surface area contributed by atoms with Crippen molar-refractivity contribution in [1.29, 1.82) is 0 Å². The number of aryl methyl sites for hydroxylation is 1. The van der Waals surface area contributed by atoms with E-state index < -0.39 is 6.04 Å². The maximum Gasteiger partial charge on any atom is 0.261 e. The summed E-state index contributed by atoms with van der Waals surface area (Å²) in [4.78, 5) is 29.0. The maximum atomic E-state index is 13.7. The number of nitrogens with one attached hydrogen (secondary N) is 1. The quantitative estimate of drug-likeness (QED) is 0.325. The molecule has 1 aliphatic rings. The molecule has 3 aromatic rings. The molecule has 194 valence electrons. The zero-order valence-corrected chi connectivity index (χ0v) is 22.5. The van der Waals surface area contributed by atoms with Gasteiger partial charge in [-0.3, -0.25) is 9.59 Å². The highest BCUT2D eigenvalue weighted by atomic mass is 35.5. The number of rotatable bonds is 10. The third kappa shape index (κ3) is 7.50. The van der Waals surface area contributed by atoms with Crippen LogP contribution in [0.3, 0.4) is 0 Å². The molecule has 0 heterocycles. The first-order valence-corrected chi connectivity index (χ1v) is 13.4. The van der Waals surface area contributed by atoms with Crippen molar-refractivity contribution < 1.29 is 14.3 Å². The van der Waals surface area contributed by atoms with E-state index in [0.717, 1.165) is 36.8 Å². The zero-order valence-electron chi connectivity index (χ0n) is 21.0. The average Bonchev–Trinajstić information content (AvgIpc) is 3.40. The van der Waals surface area contributed by atoms with E-state index in [1.807, 2.05) is 61.5 Å². The highest BCUT2D eigenvalue weighted by Gasteiger charge is 2.33. The minimum atomic E-state index is -0.760. The first-order chi connectivity index (χ1) is 17.9. The van der Waals surface area contributed by atoms with E-state index in [1.165, 1.54) is 0 Å². The molecule has 2 amide bonds. The molecule has 0 saturated heterocycles. The van der Waals surface area contributed by atoms with E-state index in [1.54, 1.807) is 23.1 Å². The topological polar surface area (TPSA) is 58.6 Å². The Kier molecular flexibility index (Phi) is 9.48. The molecule has 37 heavy (non-hydrogen) atoms. The Morgan fingerprint density at radius 3 is 2.24 bits per heavy atom. The summed E-state index contributed by atoms with van der Waals surface area (Å²) in [5.74, 6) is 0.0892. The van der Waals surface area contributed by atoms with Gasteiger partial charge in [0.05, 0.1) is 0 Å². The lowest BCUT2D eigenvalue weighted by Gasteiger charge is -2.32. The van der Waals surface area contributed by atoms with E-state index in [-0.39, 0.29) is 31.0 Å². The summed E-state index contributed by atoms with van der Waals surface area (Å²) in [6.07, 6.45) is 4.44. The molecule has 5 nitrogen and oxygen atoms in total. The number of halogens is 2. The summed E-state index contributed by atoms with van der Waals surface area (Å²) in [6, 6.07) is 21.8. The number of carbonyl (C=O) groups excluding carboxylic acids is 2. The van der Waals surface area contributed by atoms with Gasteiger partial charge in [-0.05, 0) is 49.6 Å². The third-order valence-electron chi connectivity index (χ3n) is 6.75. The van der Waals surface area contributed by atoms with Gasteiger partial charge in [-0.1, -0.05) is 90.1 Å². The smallest absolute Gasteiger partial charge is 0.261 e. The number of hydrogen-bond donors (Lipinski definition) is 1. The molecule has 0 unspecified atom stereocenters. The van der Waals surface area contributed by atoms with Crippen LogP contribution in [-0.4, -0.2) is 35.4 Å². The van der Waals surface area contributed by atoms with Crippen molar-refractivity contribution in [1.82, 2.24) is 10.2 Å². The first kappa shape index (κ1) is 27.0. The van der Waals surface area contributed by atoms with Gasteiger partial charge in [-0.15, -0.1) is 0 Å². The van der Waals surface area contributed by atoms with Crippen LogP contribution in [0.15, 0.2) is 72.8 Å². The molecule has 1 saturated carbocycles. The number of amides is 2. The summed E-state index contributed by atoms with van der Waals surface area (Å²) in [6.45, 7) is 1.86. The van der Waals surface area contributed by atoms with Crippen molar-refractivity contribution in [2.45, 2.75) is 57.7 Å². The molecular weight excluding hydrogens is 507 g/mol. The predicted molar refractivity (Wildman–Crippen MR) is 148 cm³/mol. The van der Waals surface area contributed by atoms with Gasteiger partial charge in [0.25, 0.3) is 5.91 Å². The van der Waals surface area contributed by atoms with Gasteiger partial charge in [0, 0.05) is 34.6 Å². The van der Waals surface area contributed by atoms with E-state index >= 15 is 0 Å². The van der Waals surface area contributed by atoms with Gasteiger partial charge in [0.15, 0.2) is 6.61 Å². The monoisotopic (exact) mass is 538 g/mol. The van der Waals surface area contributed by atoms with Gasteiger partial charge < -0.3 is 15.0 Å². The van der Waals surface area contributed by atoms with E-state index in [0.29, 0.717) is 27.8 Å². The second-order valence-electron chi connectivity index (χ2n) is 9.52. The van der Waals surface area contributed by atoms with Gasteiger partial charge in [0.2, 0.25) is 5.91 Å². The Bertz CT molecular complexity index is 1170. The molecule has 1 fully saturated rings. The zero-order chi connectivity index (χ0) is 26.2. The van der Waals surface area contributed by atoms with Gasteiger partial charge >= 0.3 is 0 Å². The summed E-state index contributed by atoms with van der Waals surface area (Å²) in [5, 5.41) is 4.08. The molecule has 0 radical (unpaired) electrons. The van der Waals surface area contributed by atoms with Crippen molar-refractivity contribution in [3.05, 3.63) is 99.5 Å². The SMILES string of the molecule is Cc1ccc(OCC(=O)N(Cc2c(Cl)cccc2Cl)[C@H](Cc2ccccc2)C(=O)NC2CCCC2)cc1. The van der Waals surface area contributed by atoms with Gasteiger partial charge in [-0.2, -0.15) is 0 Å². The van der Waals surface area contributed by atoms with Crippen LogP contribution in [-0.2, 0) is 22.6 Å². The molecule has 0 spiro atoms. The average molecular weight is 540 g/mol. The van der Waals surface area contributed by atoms with Crippen LogP contribution in [0.25, 0.3) is 0 Å². The summed E-state index contributed by atoms with van der Waals surface area (Å²) in [7, 11) is 0. The lowest BCUT2D eigenvalue weighted by Crippen LogP contribution is -2.53. The molecule has 0 bridgehead atoms. The van der Waals surface area contributed by atoms with Crippen molar-refractivity contribution in [2.75, 3.05) is 6.61 Å². The van der Waals surface area contributed by atoms with Crippen LogP contribution >= 0.6 is 23.2 Å². The number of hydrogen-bond acceptors (Lipinski definition) is 3. The molecule has 7 heteroatoms. The van der Waals surface area contributed by atoms with E-state index in [4.69, 9.17) is 27.9 Å². The summed E-state index contributed by atoms with van der Waals surface area (Å²) < 4.78 is 5.83. The molecule has 1 N–H and O–H groups in total. The molecule has 1 aliphatic carbocycles. The van der Waals surface area contributed by atoms with Crippen LogP contribution in [0.5, 0.6) is 5.75 Å². The second-order valence-corrected chi connectivity index (χ2v) is 10.3. The Morgan fingerprint density at radius 2 is 1.59 bits per heavy atom. The molecule has 0 aliphatic heterocycles. The number of benzene rings is 3. The lowest BCUT2D eigenvalue weighted by atomic mass is 10.0. The third-order valence-corrected chi connectivity index (χ3v) is 7.45. The minimum absolute atomic E-state index is 0.0875. The Balaban J connectivity index is 1.64. The van der Waals surface area contributed by atoms with Gasteiger partial charge in [-0.25, -0.2) is 0 Å². The molecule has 3 aromatic carbocycles. The van der Waals surface area contributed by atoms with Crippen LogP contribution in [0, 0.1) is 6.92 Å². The van der Waals surface area contributed by atoms with Crippen molar-refractivity contribution in [2.24, 2.45) is 0 Å². The highest BCUT2D eigenvalue weighted by molar-refractivity contribution is 6.36. The molecule has 4 rings (SSSR count). The van der Waals surface area contributed by atoms with Crippen molar-refractivity contribution >= 4 is 35.0 Å². The normalized spacial score (nSPS) is 14.2. The van der Waals surface area contributed by atoms with Crippen LogP contribution < -0.4 is 10.1 Å². The van der Waals surface area contributed by atoms with Crippen molar-refractivity contribution in [3.63, 3.8) is 0 Å². The van der Waals surface area contributed by atoms with Crippen molar-refractivity contribution in [3.8, 4) is 5.75 Å². The Hall–Kier alpha value is -3.02. The second kappa shape index (κ2) is 13.0. The van der Waals surface area contributed by atoms with Crippen LogP contribution in [0.1, 0.15) is 42.4 Å². The maximum absolute atomic E-state index is 13.7. The first-order valence-electron chi connectivity index (χ1n) is 12.7. The molecule has 1 atom stereocenters. The minimum Gasteiger partial charge on any atom is -0.484 e. The van der Waals surface area contributed by atoms with Gasteiger partial charge in [0.1, 0.15) is 11.8 Å². The summed E-state index contributed by atoms with van der Waals surface area (Å²) >= 11 is 13.0. The fraction of sp³-hybridized carbons (Fsp3) is 0.333. The van der Waals surface area contributed by atoms with Crippen LogP contribution in [0.2, 0.25) is 10.0 Å². The molecule has 0 aromatic heterocycles. The summed E-state index contributed by atoms with van der Waals surface area (Å²) in [5.41, 5.74) is 2.65. The fourth-order valence-electron chi connectivity index (χ4n) is 4.64. The highest BCUT2D eigenvalue weighted by Crippen LogP contribution is 2.28. The lowest BCUT2D eigenvalue weighted by molar-refractivity contribution is -0.143. The number of carbonyl (C=O) groups is 2. The molecular formula is C30H32Cl2N2O3. The Labute approximate surface area is 228 Å². The fourth-order valence-corrected chi connectivity index (χ4v) is 5.15. The number of ether oxygens (including phenoxy) is 1. The van der Waals surface area contributed by atoms with E-state index in [2.05, 4.69) is 5.32 Å². The largest absolute Gasteiger partial charge is 0.484 e. The number of nitrogens with zero attached hydrogens (tertiary/aromatic N) is 1. The standard InChI is InChI=1S/C30H32Cl2N2O3/c1-21-14-16-24(17-15-21)37-20-29(35)34(19-25-26(31)12-7-13-27(25)32)28(18-22-8-3-2-4-9-22)30(36)33-23-10-5-6-11-23/h2-4,7-9,12-17,23,28H,5-6,10-11,18-20H2,1H3,(H,33,36)/t28-/m1/s1. The Morgan fingerprint density at radius 1 is 0.946 bits per heavy atom.